The zero-order valence-corrected chi connectivity index (χ0v) is 40.6. The first-order valence-electron chi connectivity index (χ1n) is 24.2. The van der Waals surface area contributed by atoms with Gasteiger partial charge in [0.05, 0.1) is 75.9 Å². The molecule has 2 aliphatic heterocycles. The Morgan fingerprint density at radius 1 is 0.821 bits per heavy atom. The summed E-state index contributed by atoms with van der Waals surface area (Å²) in [6.45, 7) is 18.7. The molecule has 1 aliphatic carbocycles. The van der Waals surface area contributed by atoms with Crippen LogP contribution in [0.1, 0.15) is 81.4 Å². The van der Waals surface area contributed by atoms with E-state index in [2.05, 4.69) is 77.0 Å². The van der Waals surface area contributed by atoms with Gasteiger partial charge >= 0.3 is 6.09 Å². The van der Waals surface area contributed by atoms with Crippen molar-refractivity contribution in [2.75, 3.05) is 109 Å². The van der Waals surface area contributed by atoms with Crippen LogP contribution in [0.25, 0.3) is 10.9 Å². The van der Waals surface area contributed by atoms with Gasteiger partial charge in [-0.15, -0.1) is 0 Å². The van der Waals surface area contributed by atoms with Gasteiger partial charge in [0, 0.05) is 105 Å². The van der Waals surface area contributed by atoms with Crippen molar-refractivity contribution in [1.82, 2.24) is 29.7 Å². The summed E-state index contributed by atoms with van der Waals surface area (Å²) < 4.78 is 46.3. The third-order valence-electron chi connectivity index (χ3n) is 12.8. The van der Waals surface area contributed by atoms with Crippen molar-refractivity contribution in [2.45, 2.75) is 104 Å². The minimum Gasteiger partial charge on any atom is -0.444 e. The third kappa shape index (κ3) is 14.9. The highest BCUT2D eigenvalue weighted by atomic mass is 19.1. The number of amides is 1. The van der Waals surface area contributed by atoms with Crippen LogP contribution in [-0.4, -0.2) is 147 Å². The monoisotopic (exact) mass is 929 g/mol. The maximum absolute atomic E-state index is 16.3. The first-order chi connectivity index (χ1) is 32.3. The third-order valence-corrected chi connectivity index (χ3v) is 12.8. The smallest absolute Gasteiger partial charge is 0.407 e. The Bertz CT molecular complexity index is 2270. The SMILES string of the molecule is Cc1ccc(N2CCC[C@H](N(Cc3ccnc(C)c3)Cc3cn(C4CC4)c4cc(N5CC[C@@H](N(C)CCOCCOCCOCCOCCNC(=O)OC(C)(C)C)C5)c(F)cc4c3=O)C2)cn1. The molecule has 2 atom stereocenters. The summed E-state index contributed by atoms with van der Waals surface area (Å²) in [7, 11) is 2.10. The summed E-state index contributed by atoms with van der Waals surface area (Å²) in [5.74, 6) is -0.349. The molecule has 67 heavy (non-hydrogen) atoms. The topological polar surface area (TPSA) is 136 Å². The Hall–Kier alpha value is -4.71. The molecule has 1 saturated carbocycles. The number of likely N-dealkylation sites (N-methyl/N-ethyl adjacent to an activating group) is 1. The molecule has 1 N–H and O–H groups in total. The minimum absolute atomic E-state index is 0.0915. The number of rotatable bonds is 24. The van der Waals surface area contributed by atoms with Gasteiger partial charge in [-0.2, -0.15) is 0 Å². The van der Waals surface area contributed by atoms with Crippen LogP contribution in [0.15, 0.2) is 59.8 Å². The maximum Gasteiger partial charge on any atom is 0.407 e. The molecule has 15 nitrogen and oxygen atoms in total. The van der Waals surface area contributed by atoms with Crippen molar-refractivity contribution in [3.05, 3.63) is 93.5 Å². The Balaban J connectivity index is 0.885. The zero-order chi connectivity index (χ0) is 47.3. The lowest BCUT2D eigenvalue weighted by atomic mass is 10.0. The summed E-state index contributed by atoms with van der Waals surface area (Å²) in [4.78, 5) is 44.4. The summed E-state index contributed by atoms with van der Waals surface area (Å²) in [6, 6.07) is 12.6. The van der Waals surface area contributed by atoms with Gasteiger partial charge in [-0.25, -0.2) is 9.18 Å². The Labute approximate surface area is 395 Å². The van der Waals surface area contributed by atoms with Gasteiger partial charge in [0.25, 0.3) is 0 Å². The van der Waals surface area contributed by atoms with E-state index in [1.807, 2.05) is 53.1 Å². The van der Waals surface area contributed by atoms with E-state index in [9.17, 15) is 9.59 Å². The molecule has 0 spiro atoms. The predicted molar refractivity (Wildman–Crippen MR) is 260 cm³/mol. The summed E-state index contributed by atoms with van der Waals surface area (Å²) in [5, 5.41) is 3.11. The molecule has 16 heteroatoms. The number of ether oxygens (including phenoxy) is 5. The number of benzene rings is 1. The number of hydrogen-bond donors (Lipinski definition) is 1. The van der Waals surface area contributed by atoms with Gasteiger partial charge in [-0.1, -0.05) is 0 Å². The molecule has 1 amide bonds. The van der Waals surface area contributed by atoms with Gasteiger partial charge in [-0.3, -0.25) is 24.6 Å². The van der Waals surface area contributed by atoms with E-state index < -0.39 is 11.7 Å². The van der Waals surface area contributed by atoms with Gasteiger partial charge in [0.2, 0.25) is 0 Å². The lowest BCUT2D eigenvalue weighted by molar-refractivity contribution is -0.00399. The second-order valence-electron chi connectivity index (χ2n) is 19.3. The first-order valence-corrected chi connectivity index (χ1v) is 24.2. The van der Waals surface area contributed by atoms with Crippen LogP contribution in [0.2, 0.25) is 0 Å². The highest BCUT2D eigenvalue weighted by molar-refractivity contribution is 5.84. The molecule has 3 aliphatic rings. The van der Waals surface area contributed by atoms with Gasteiger partial charge in [0.15, 0.2) is 5.43 Å². The van der Waals surface area contributed by atoms with E-state index >= 15 is 4.39 Å². The van der Waals surface area contributed by atoms with Crippen molar-refractivity contribution in [2.24, 2.45) is 0 Å². The van der Waals surface area contributed by atoms with Gasteiger partial charge in [0.1, 0.15) is 11.4 Å². The van der Waals surface area contributed by atoms with Crippen LogP contribution in [-0.2, 0) is 36.8 Å². The molecule has 1 aromatic carbocycles. The van der Waals surface area contributed by atoms with Crippen LogP contribution in [0.3, 0.4) is 0 Å². The highest BCUT2D eigenvalue weighted by Crippen LogP contribution is 2.39. The van der Waals surface area contributed by atoms with Crippen molar-refractivity contribution in [1.29, 1.82) is 0 Å². The Morgan fingerprint density at radius 2 is 1.54 bits per heavy atom. The number of anilines is 2. The quantitative estimate of drug-likeness (QED) is 0.0752. The lowest BCUT2D eigenvalue weighted by Crippen LogP contribution is -2.48. The number of carbonyl (C=O) groups is 1. The lowest BCUT2D eigenvalue weighted by Gasteiger charge is -2.40. The maximum atomic E-state index is 16.3. The van der Waals surface area contributed by atoms with Crippen molar-refractivity contribution in [3.63, 3.8) is 0 Å². The number of aryl methyl sites for hydroxylation is 2. The predicted octanol–water partition coefficient (Wildman–Crippen LogP) is 6.66. The van der Waals surface area contributed by atoms with Crippen molar-refractivity contribution < 1.29 is 32.9 Å². The highest BCUT2D eigenvalue weighted by Gasteiger charge is 2.32. The number of nitrogens with one attached hydrogen (secondary N) is 1. The number of pyridine rings is 3. The number of piperidine rings is 1. The van der Waals surface area contributed by atoms with Crippen LogP contribution >= 0.6 is 0 Å². The number of nitrogens with zero attached hydrogens (tertiary/aromatic N) is 7. The standard InChI is InChI=1S/C51H73FN8O7/c1-37-9-10-42(31-55-37)57-17-7-8-44(36-57)59(32-39-13-15-53-38(2)28-39)33-40-34-60(41-11-12-41)47-30-48(46(52)29-45(47)49(40)61)58-18-14-43(35-58)56(6)19-21-64-23-25-66-27-26-65-24-22-63-20-16-54-50(62)67-51(3,4)5/h9-10,13,15,28-31,34,41,43-44H,7-8,11-12,14,16-27,32-33,35-36H2,1-6H3,(H,54,62)/t43-,44+/m1/s1. The summed E-state index contributed by atoms with van der Waals surface area (Å²) in [6.07, 6.45) is 10.5. The molecule has 0 radical (unpaired) electrons. The molecular formula is C51H73FN8O7. The fourth-order valence-corrected chi connectivity index (χ4v) is 9.04. The molecule has 0 bridgehead atoms. The molecule has 366 valence electrons. The molecule has 7 rings (SSSR count). The number of hydrogen-bond acceptors (Lipinski definition) is 13. The minimum atomic E-state index is -0.528. The number of carbonyl (C=O) groups excluding carboxylic acids is 1. The van der Waals surface area contributed by atoms with Crippen LogP contribution in [0.5, 0.6) is 0 Å². The van der Waals surface area contributed by atoms with Crippen LogP contribution in [0.4, 0.5) is 20.6 Å². The van der Waals surface area contributed by atoms with E-state index in [-0.39, 0.29) is 23.3 Å². The summed E-state index contributed by atoms with van der Waals surface area (Å²) >= 11 is 0. The van der Waals surface area contributed by atoms with Crippen molar-refractivity contribution in [3.8, 4) is 0 Å². The number of fused-ring (bicyclic) bond motifs is 1. The molecule has 5 heterocycles. The number of aromatic nitrogens is 3. The van der Waals surface area contributed by atoms with Gasteiger partial charge in [-0.05, 0) is 116 Å². The van der Waals surface area contributed by atoms with Crippen molar-refractivity contribution >= 4 is 28.4 Å². The molecule has 4 aromatic rings. The second kappa shape index (κ2) is 24.0. The van der Waals surface area contributed by atoms with E-state index in [4.69, 9.17) is 23.7 Å². The average Bonchev–Trinajstić information content (AvgIpc) is 4.03. The zero-order valence-electron chi connectivity index (χ0n) is 40.6. The second-order valence-corrected chi connectivity index (χ2v) is 19.3. The number of alkyl carbamates (subject to hydrolysis) is 1. The first kappa shape index (κ1) is 50.2. The van der Waals surface area contributed by atoms with E-state index in [1.54, 1.807) is 0 Å². The fraction of sp³-hybridized carbons (Fsp3) is 0.608. The Morgan fingerprint density at radius 3 is 2.22 bits per heavy atom. The normalized spacial score (nSPS) is 17.9. The fourth-order valence-electron chi connectivity index (χ4n) is 9.04. The average molecular weight is 929 g/mol. The molecule has 0 unspecified atom stereocenters. The Kier molecular flexibility index (Phi) is 18.0. The van der Waals surface area contributed by atoms with E-state index in [1.165, 1.54) is 6.07 Å². The van der Waals surface area contributed by atoms with Crippen LogP contribution in [0, 0.1) is 19.7 Å². The molecule has 2 saturated heterocycles. The largest absolute Gasteiger partial charge is 0.444 e. The van der Waals surface area contributed by atoms with E-state index in [0.29, 0.717) is 102 Å². The van der Waals surface area contributed by atoms with Gasteiger partial charge < -0.3 is 43.4 Å². The summed E-state index contributed by atoms with van der Waals surface area (Å²) in [5.41, 5.74) is 5.71. The van der Waals surface area contributed by atoms with E-state index in [0.717, 1.165) is 86.4 Å². The molecular weight excluding hydrogens is 856 g/mol. The molecule has 3 aromatic heterocycles. The molecule has 3 fully saturated rings. The van der Waals surface area contributed by atoms with Crippen LogP contribution < -0.4 is 20.5 Å². The number of halogens is 1.